The Morgan fingerprint density at radius 1 is 1.07 bits per heavy atom. The Bertz CT molecular complexity index is 1200. The fourth-order valence-corrected chi connectivity index (χ4v) is 3.65. The minimum atomic E-state index is -0.244. The van der Waals surface area contributed by atoms with Crippen LogP contribution in [0.15, 0.2) is 77.4 Å². The molecule has 0 spiro atoms. The van der Waals surface area contributed by atoms with Gasteiger partial charge in [0.2, 0.25) is 0 Å². The normalized spacial score (nSPS) is 15.2. The first kappa shape index (κ1) is 18.2. The first-order chi connectivity index (χ1) is 14.7. The van der Waals surface area contributed by atoms with E-state index in [1.807, 2.05) is 54.6 Å². The number of nitrogens with zero attached hydrogens (tertiary/aromatic N) is 2. The highest BCUT2D eigenvalue weighted by atomic mass is 16.6. The number of fused-ring (bicyclic) bond motifs is 2. The number of hydrogen-bond donors (Lipinski definition) is 0. The van der Waals surface area contributed by atoms with E-state index in [2.05, 4.69) is 4.98 Å². The Morgan fingerprint density at radius 2 is 1.87 bits per heavy atom. The largest absolute Gasteiger partial charge is 0.486 e. The van der Waals surface area contributed by atoms with Gasteiger partial charge in [0.15, 0.2) is 23.4 Å². The van der Waals surface area contributed by atoms with Crippen LogP contribution in [0.3, 0.4) is 0 Å². The van der Waals surface area contributed by atoms with E-state index < -0.39 is 0 Å². The minimum absolute atomic E-state index is 0.108. The van der Waals surface area contributed by atoms with Crippen molar-refractivity contribution in [3.8, 4) is 23.0 Å². The predicted octanol–water partition coefficient (Wildman–Crippen LogP) is 4.41. The second-order valence-corrected chi connectivity index (χ2v) is 7.23. The van der Waals surface area contributed by atoms with Gasteiger partial charge in [-0.05, 0) is 36.4 Å². The molecule has 2 aromatic carbocycles. The number of pyridine rings is 1. The lowest BCUT2D eigenvalue weighted by Crippen LogP contribution is -2.41. The highest BCUT2D eigenvalue weighted by Gasteiger charge is 2.25. The van der Waals surface area contributed by atoms with Crippen LogP contribution in [0.1, 0.15) is 10.4 Å². The van der Waals surface area contributed by atoms with Crippen molar-refractivity contribution in [1.29, 1.82) is 0 Å². The summed E-state index contributed by atoms with van der Waals surface area (Å²) in [4.78, 5) is 19.7. The van der Waals surface area contributed by atoms with E-state index in [1.54, 1.807) is 30.3 Å². The van der Waals surface area contributed by atoms with E-state index >= 15 is 0 Å². The van der Waals surface area contributed by atoms with Gasteiger partial charge in [0, 0.05) is 12.4 Å². The number of likely N-dealkylation sites (N-methyl/N-ethyl adjacent to an activating group) is 1. The maximum absolute atomic E-state index is 13.4. The lowest BCUT2D eigenvalue weighted by molar-refractivity contribution is 0.0522. The summed E-state index contributed by atoms with van der Waals surface area (Å²) in [5.41, 5.74) is 1.95. The molecule has 1 amide bonds. The Balaban J connectivity index is 1.43. The molecule has 30 heavy (non-hydrogen) atoms. The van der Waals surface area contributed by atoms with Gasteiger partial charge in [-0.15, -0.1) is 0 Å². The molecule has 1 unspecified atom stereocenters. The number of para-hydroxylation sites is 3. The van der Waals surface area contributed by atoms with E-state index in [-0.39, 0.29) is 12.0 Å². The van der Waals surface area contributed by atoms with Gasteiger partial charge in [-0.3, -0.25) is 4.79 Å². The SMILES string of the molecule is CN(CC1COc2ccccc2O1)C(=O)c1cc(-c2ccco2)nc2ccccc12. The van der Waals surface area contributed by atoms with Crippen molar-refractivity contribution in [3.05, 3.63) is 78.6 Å². The molecule has 1 atom stereocenters. The summed E-state index contributed by atoms with van der Waals surface area (Å²) in [5.74, 6) is 1.94. The maximum Gasteiger partial charge on any atom is 0.254 e. The highest BCUT2D eigenvalue weighted by Crippen LogP contribution is 2.31. The molecule has 6 heteroatoms. The van der Waals surface area contributed by atoms with Crippen LogP contribution in [0, 0.1) is 0 Å². The summed E-state index contributed by atoms with van der Waals surface area (Å²) in [6.45, 7) is 0.795. The zero-order valence-corrected chi connectivity index (χ0v) is 16.4. The number of amides is 1. The highest BCUT2D eigenvalue weighted by molar-refractivity contribution is 6.07. The van der Waals surface area contributed by atoms with Crippen LogP contribution in [-0.4, -0.2) is 42.1 Å². The number of carbonyl (C=O) groups is 1. The van der Waals surface area contributed by atoms with E-state index in [9.17, 15) is 4.79 Å². The Labute approximate surface area is 173 Å². The van der Waals surface area contributed by atoms with Crippen LogP contribution in [0.2, 0.25) is 0 Å². The number of aromatic nitrogens is 1. The van der Waals surface area contributed by atoms with E-state index in [1.165, 1.54) is 0 Å². The fraction of sp³-hybridized carbons (Fsp3) is 0.167. The van der Waals surface area contributed by atoms with Gasteiger partial charge in [0.05, 0.1) is 23.9 Å². The molecule has 0 radical (unpaired) electrons. The van der Waals surface area contributed by atoms with Crippen molar-refractivity contribution in [1.82, 2.24) is 9.88 Å². The van der Waals surface area contributed by atoms with Gasteiger partial charge in [-0.1, -0.05) is 30.3 Å². The summed E-state index contributed by atoms with van der Waals surface area (Å²) in [5, 5.41) is 0.802. The molecule has 0 saturated heterocycles. The summed E-state index contributed by atoms with van der Waals surface area (Å²) in [6, 6.07) is 20.6. The fourth-order valence-electron chi connectivity index (χ4n) is 3.65. The number of furan rings is 1. The molecule has 1 aliphatic rings. The Morgan fingerprint density at radius 3 is 2.70 bits per heavy atom. The lowest BCUT2D eigenvalue weighted by atomic mass is 10.1. The summed E-state index contributed by atoms with van der Waals surface area (Å²) < 4.78 is 17.3. The number of hydrogen-bond acceptors (Lipinski definition) is 5. The molecular formula is C24H20N2O4. The van der Waals surface area contributed by atoms with Gasteiger partial charge in [0.1, 0.15) is 12.3 Å². The van der Waals surface area contributed by atoms with Crippen molar-refractivity contribution in [2.45, 2.75) is 6.10 Å². The average Bonchev–Trinajstić information content (AvgIpc) is 3.33. The molecule has 0 saturated carbocycles. The van der Waals surface area contributed by atoms with Crippen molar-refractivity contribution >= 4 is 16.8 Å². The molecule has 1 aliphatic heterocycles. The predicted molar refractivity (Wildman–Crippen MR) is 113 cm³/mol. The third-order valence-corrected chi connectivity index (χ3v) is 5.11. The Hall–Kier alpha value is -3.80. The monoisotopic (exact) mass is 400 g/mol. The van der Waals surface area contributed by atoms with E-state index in [4.69, 9.17) is 13.9 Å². The van der Waals surface area contributed by atoms with Crippen molar-refractivity contribution in [3.63, 3.8) is 0 Å². The van der Waals surface area contributed by atoms with Crippen LogP contribution in [0.5, 0.6) is 11.5 Å². The first-order valence-electron chi connectivity index (χ1n) is 9.76. The quantitative estimate of drug-likeness (QED) is 0.508. The molecule has 2 aromatic heterocycles. The zero-order valence-electron chi connectivity index (χ0n) is 16.4. The van der Waals surface area contributed by atoms with Gasteiger partial charge in [-0.25, -0.2) is 4.98 Å². The van der Waals surface area contributed by atoms with Crippen LogP contribution < -0.4 is 9.47 Å². The van der Waals surface area contributed by atoms with E-state index in [0.717, 1.165) is 16.7 Å². The number of rotatable bonds is 4. The maximum atomic E-state index is 13.4. The molecule has 0 bridgehead atoms. The molecule has 4 aromatic rings. The molecule has 6 nitrogen and oxygen atoms in total. The topological polar surface area (TPSA) is 64.8 Å². The molecule has 5 rings (SSSR count). The van der Waals surface area contributed by atoms with Gasteiger partial charge < -0.3 is 18.8 Å². The summed E-state index contributed by atoms with van der Waals surface area (Å²) in [6.07, 6.45) is 1.35. The van der Waals surface area contributed by atoms with Gasteiger partial charge >= 0.3 is 0 Å². The van der Waals surface area contributed by atoms with Gasteiger partial charge in [-0.2, -0.15) is 0 Å². The number of ether oxygens (including phenoxy) is 2. The third-order valence-electron chi connectivity index (χ3n) is 5.11. The van der Waals surface area contributed by atoms with Crippen molar-refractivity contribution in [2.24, 2.45) is 0 Å². The third kappa shape index (κ3) is 3.37. The second kappa shape index (κ2) is 7.55. The van der Waals surface area contributed by atoms with Crippen LogP contribution in [0.25, 0.3) is 22.4 Å². The molecule has 3 heterocycles. The molecule has 0 aliphatic carbocycles. The summed E-state index contributed by atoms with van der Waals surface area (Å²) >= 11 is 0. The Kier molecular flexibility index (Phi) is 4.59. The number of benzene rings is 2. The zero-order chi connectivity index (χ0) is 20.5. The second-order valence-electron chi connectivity index (χ2n) is 7.23. The molecular weight excluding hydrogens is 380 g/mol. The molecule has 0 fully saturated rings. The molecule has 150 valence electrons. The smallest absolute Gasteiger partial charge is 0.254 e. The van der Waals surface area contributed by atoms with Crippen LogP contribution in [-0.2, 0) is 0 Å². The molecule has 0 N–H and O–H groups in total. The number of carbonyl (C=O) groups excluding carboxylic acids is 1. The average molecular weight is 400 g/mol. The van der Waals surface area contributed by atoms with Crippen molar-refractivity contribution < 1.29 is 18.7 Å². The van der Waals surface area contributed by atoms with Crippen LogP contribution >= 0.6 is 0 Å². The van der Waals surface area contributed by atoms with E-state index in [0.29, 0.717) is 35.9 Å². The minimum Gasteiger partial charge on any atom is -0.486 e. The van der Waals surface area contributed by atoms with Crippen molar-refractivity contribution in [2.75, 3.05) is 20.2 Å². The standard InChI is InChI=1S/C24H20N2O4/c1-26(14-16-15-29-22-9-4-5-10-23(22)30-16)24(27)18-13-20(21-11-6-12-28-21)25-19-8-3-2-7-17(18)19/h2-13,16H,14-15H2,1H3. The first-order valence-corrected chi connectivity index (χ1v) is 9.76. The van der Waals surface area contributed by atoms with Crippen LogP contribution in [0.4, 0.5) is 0 Å². The lowest BCUT2D eigenvalue weighted by Gasteiger charge is -2.29. The summed E-state index contributed by atoms with van der Waals surface area (Å²) in [7, 11) is 1.77. The van der Waals surface area contributed by atoms with Gasteiger partial charge in [0.25, 0.3) is 5.91 Å².